The summed E-state index contributed by atoms with van der Waals surface area (Å²) in [4.78, 5) is 18.9. The maximum atomic E-state index is 12.0. The third-order valence-electron chi connectivity index (χ3n) is 3.65. The number of anilines is 1. The van der Waals surface area contributed by atoms with Gasteiger partial charge in [-0.05, 0) is 38.3 Å². The van der Waals surface area contributed by atoms with Gasteiger partial charge in [-0.2, -0.15) is 0 Å². The summed E-state index contributed by atoms with van der Waals surface area (Å²) in [5, 5.41) is 2.71. The topological polar surface area (TPSA) is 71.2 Å². The van der Waals surface area contributed by atoms with E-state index in [1.807, 2.05) is 24.8 Å². The van der Waals surface area contributed by atoms with Crippen LogP contribution >= 0.6 is 12.2 Å². The minimum atomic E-state index is -0.193. The van der Waals surface area contributed by atoms with E-state index < -0.39 is 0 Å². The van der Waals surface area contributed by atoms with E-state index in [0.29, 0.717) is 4.99 Å². The number of likely N-dealkylation sites (N-methyl/N-ethyl adjacent to an activating group) is 1. The van der Waals surface area contributed by atoms with Gasteiger partial charge in [-0.3, -0.25) is 4.79 Å². The van der Waals surface area contributed by atoms with E-state index in [4.69, 9.17) is 18.0 Å². The highest BCUT2D eigenvalue weighted by Gasteiger charge is 2.33. The molecule has 0 aliphatic carbocycles. The second kappa shape index (κ2) is 5.75. The highest BCUT2D eigenvalue weighted by atomic mass is 32.1. The Labute approximate surface area is 124 Å². The fraction of sp³-hybridized carbons (Fsp3) is 0.500. The molecule has 0 spiro atoms. The van der Waals surface area contributed by atoms with Crippen molar-refractivity contribution in [1.29, 1.82) is 0 Å². The number of rotatable bonds is 3. The van der Waals surface area contributed by atoms with Crippen molar-refractivity contribution in [2.75, 3.05) is 18.5 Å². The van der Waals surface area contributed by atoms with Crippen LogP contribution in [0.5, 0.6) is 0 Å². The fourth-order valence-corrected chi connectivity index (χ4v) is 3.04. The first kappa shape index (κ1) is 14.7. The van der Waals surface area contributed by atoms with Crippen molar-refractivity contribution in [2.45, 2.75) is 32.7 Å². The second-order valence-electron chi connectivity index (χ2n) is 5.11. The zero-order valence-corrected chi connectivity index (χ0v) is 12.9. The first-order valence-electron chi connectivity index (χ1n) is 6.72. The summed E-state index contributed by atoms with van der Waals surface area (Å²) in [7, 11) is 1.65. The first-order valence-corrected chi connectivity index (χ1v) is 7.12. The lowest BCUT2D eigenvalue weighted by Gasteiger charge is -2.27. The van der Waals surface area contributed by atoms with Crippen molar-refractivity contribution < 1.29 is 4.79 Å². The summed E-state index contributed by atoms with van der Waals surface area (Å²) < 4.78 is 0. The van der Waals surface area contributed by atoms with Gasteiger partial charge in [-0.1, -0.05) is 12.2 Å². The van der Waals surface area contributed by atoms with Crippen LogP contribution in [0.3, 0.4) is 0 Å². The largest absolute Gasteiger partial charge is 0.389 e. The molecule has 1 aliphatic heterocycles. The standard InChI is InChI=1S/C14H20N4OS/c1-8-7-9(2)17-13(11(8)12(15)20)18-6-4-5-10(18)14(19)16-3/h7,10H,4-6H2,1-3H3,(H2,15,20)(H,16,19). The van der Waals surface area contributed by atoms with Crippen LogP contribution in [-0.2, 0) is 4.79 Å². The smallest absolute Gasteiger partial charge is 0.242 e. The molecule has 2 rings (SSSR count). The Morgan fingerprint density at radius 1 is 1.55 bits per heavy atom. The average Bonchev–Trinajstić information content (AvgIpc) is 2.85. The number of nitrogens with zero attached hydrogens (tertiary/aromatic N) is 2. The van der Waals surface area contributed by atoms with Gasteiger partial charge in [0.1, 0.15) is 16.8 Å². The van der Waals surface area contributed by atoms with Crippen molar-refractivity contribution in [3.05, 3.63) is 22.9 Å². The molecule has 3 N–H and O–H groups in total. The van der Waals surface area contributed by atoms with Crippen molar-refractivity contribution in [1.82, 2.24) is 10.3 Å². The normalized spacial score (nSPS) is 18.1. The lowest BCUT2D eigenvalue weighted by Crippen LogP contribution is -2.43. The number of aromatic nitrogens is 1. The molecule has 5 nitrogen and oxygen atoms in total. The van der Waals surface area contributed by atoms with Crippen LogP contribution in [0.15, 0.2) is 6.07 Å². The minimum absolute atomic E-state index is 0.0114. The van der Waals surface area contributed by atoms with Crippen LogP contribution in [0.1, 0.15) is 29.7 Å². The number of nitrogens with one attached hydrogen (secondary N) is 1. The van der Waals surface area contributed by atoms with Crippen LogP contribution in [0.4, 0.5) is 5.82 Å². The van der Waals surface area contributed by atoms with Crippen LogP contribution in [0, 0.1) is 13.8 Å². The summed E-state index contributed by atoms with van der Waals surface area (Å²) in [6.07, 6.45) is 1.79. The lowest BCUT2D eigenvalue weighted by molar-refractivity contribution is -0.121. The summed E-state index contributed by atoms with van der Waals surface area (Å²) in [5.41, 5.74) is 8.54. The van der Waals surface area contributed by atoms with Crippen molar-refractivity contribution in [3.8, 4) is 0 Å². The molecule has 2 heterocycles. The molecule has 108 valence electrons. The zero-order valence-electron chi connectivity index (χ0n) is 12.1. The van der Waals surface area contributed by atoms with Crippen LogP contribution < -0.4 is 16.0 Å². The Balaban J connectivity index is 2.51. The van der Waals surface area contributed by atoms with E-state index >= 15 is 0 Å². The number of hydrogen-bond acceptors (Lipinski definition) is 4. The van der Waals surface area contributed by atoms with Gasteiger partial charge in [0.2, 0.25) is 5.91 Å². The second-order valence-corrected chi connectivity index (χ2v) is 5.55. The van der Waals surface area contributed by atoms with Gasteiger partial charge >= 0.3 is 0 Å². The molecule has 20 heavy (non-hydrogen) atoms. The molecule has 0 radical (unpaired) electrons. The number of aryl methyl sites for hydroxylation is 2. The van der Waals surface area contributed by atoms with Gasteiger partial charge in [0.25, 0.3) is 0 Å². The molecule has 1 aromatic heterocycles. The Bertz CT molecular complexity index is 558. The van der Waals surface area contributed by atoms with Crippen LogP contribution in [0.2, 0.25) is 0 Å². The van der Waals surface area contributed by atoms with E-state index in [1.54, 1.807) is 7.05 Å². The molecule has 1 saturated heterocycles. The lowest BCUT2D eigenvalue weighted by atomic mass is 10.1. The van der Waals surface area contributed by atoms with Gasteiger partial charge in [-0.25, -0.2) is 4.98 Å². The van der Waals surface area contributed by atoms with Gasteiger partial charge in [0.05, 0.1) is 5.56 Å². The van der Waals surface area contributed by atoms with Gasteiger partial charge < -0.3 is 16.0 Å². The fourth-order valence-electron chi connectivity index (χ4n) is 2.79. The molecular weight excluding hydrogens is 272 g/mol. The van der Waals surface area contributed by atoms with E-state index in [2.05, 4.69) is 10.3 Å². The van der Waals surface area contributed by atoms with E-state index in [9.17, 15) is 4.79 Å². The predicted octanol–water partition coefficient (Wildman–Crippen LogP) is 1.05. The Morgan fingerprint density at radius 2 is 2.25 bits per heavy atom. The molecule has 6 heteroatoms. The Hall–Kier alpha value is -1.69. The summed E-state index contributed by atoms with van der Waals surface area (Å²) in [6.45, 7) is 4.70. The van der Waals surface area contributed by atoms with Crippen LogP contribution in [-0.4, -0.2) is 35.5 Å². The number of carbonyl (C=O) groups excluding carboxylic acids is 1. The molecule has 0 saturated carbocycles. The number of pyridine rings is 1. The van der Waals surface area contributed by atoms with Crippen molar-refractivity contribution >= 4 is 28.9 Å². The van der Waals surface area contributed by atoms with Gasteiger partial charge in [0.15, 0.2) is 0 Å². The van der Waals surface area contributed by atoms with E-state index in [-0.39, 0.29) is 11.9 Å². The monoisotopic (exact) mass is 292 g/mol. The maximum Gasteiger partial charge on any atom is 0.242 e. The molecule has 1 aliphatic rings. The van der Waals surface area contributed by atoms with Gasteiger partial charge in [0, 0.05) is 19.3 Å². The van der Waals surface area contributed by atoms with E-state index in [0.717, 1.165) is 42.0 Å². The zero-order chi connectivity index (χ0) is 14.9. The quantitative estimate of drug-likeness (QED) is 0.815. The average molecular weight is 292 g/mol. The van der Waals surface area contributed by atoms with Crippen molar-refractivity contribution in [2.24, 2.45) is 5.73 Å². The highest BCUT2D eigenvalue weighted by Crippen LogP contribution is 2.29. The number of carbonyl (C=O) groups is 1. The number of hydrogen-bond donors (Lipinski definition) is 2. The predicted molar refractivity (Wildman–Crippen MR) is 84.0 cm³/mol. The van der Waals surface area contributed by atoms with Crippen LogP contribution in [0.25, 0.3) is 0 Å². The Morgan fingerprint density at radius 3 is 2.85 bits per heavy atom. The molecule has 1 amide bonds. The highest BCUT2D eigenvalue weighted by molar-refractivity contribution is 7.80. The number of thiocarbonyl (C=S) groups is 1. The Kier molecular flexibility index (Phi) is 4.23. The minimum Gasteiger partial charge on any atom is -0.389 e. The number of amides is 1. The summed E-state index contributed by atoms with van der Waals surface area (Å²) in [6, 6.07) is 1.77. The van der Waals surface area contributed by atoms with Crippen molar-refractivity contribution in [3.63, 3.8) is 0 Å². The molecule has 1 atom stereocenters. The molecule has 1 unspecified atom stereocenters. The number of nitrogens with two attached hydrogens (primary N) is 1. The molecule has 0 bridgehead atoms. The molecule has 1 aromatic rings. The summed E-state index contributed by atoms with van der Waals surface area (Å²) in [5.74, 6) is 0.749. The van der Waals surface area contributed by atoms with Gasteiger partial charge in [-0.15, -0.1) is 0 Å². The third-order valence-corrected chi connectivity index (χ3v) is 3.85. The molecular formula is C14H20N4OS. The maximum absolute atomic E-state index is 12.0. The first-order chi connectivity index (χ1) is 9.45. The SMILES string of the molecule is CNC(=O)C1CCCN1c1nc(C)cc(C)c1C(N)=S. The van der Waals surface area contributed by atoms with E-state index in [1.165, 1.54) is 0 Å². The molecule has 0 aromatic carbocycles. The molecule has 1 fully saturated rings. The summed E-state index contributed by atoms with van der Waals surface area (Å²) >= 11 is 5.16. The third kappa shape index (κ3) is 2.60.